The van der Waals surface area contributed by atoms with Gasteiger partial charge in [0, 0.05) is 31.1 Å². The molecule has 0 unspecified atom stereocenters. The van der Waals surface area contributed by atoms with E-state index in [9.17, 15) is 0 Å². The first-order valence-electron chi connectivity index (χ1n) is 5.44. The Morgan fingerprint density at radius 3 is 2.50 bits per heavy atom. The molecule has 0 saturated heterocycles. The maximum absolute atomic E-state index is 5.58. The van der Waals surface area contributed by atoms with Gasteiger partial charge in [-0.05, 0) is 18.6 Å². The average molecular weight is 239 g/mol. The Morgan fingerprint density at radius 2 is 1.88 bits per heavy atom. The largest absolute Gasteiger partial charge is 0.486 e. The van der Waals surface area contributed by atoms with Gasteiger partial charge in [-0.1, -0.05) is 0 Å². The highest BCUT2D eigenvalue weighted by molar-refractivity contribution is 7.80. The predicted octanol–water partition coefficient (Wildman–Crippen LogP) is 2.13. The van der Waals surface area contributed by atoms with Gasteiger partial charge >= 0.3 is 0 Å². The lowest BCUT2D eigenvalue weighted by atomic mass is 10.1. The number of ether oxygens (including phenoxy) is 2. The van der Waals surface area contributed by atoms with Gasteiger partial charge in [0.2, 0.25) is 0 Å². The van der Waals surface area contributed by atoms with Gasteiger partial charge in [-0.15, -0.1) is 0 Å². The zero-order valence-corrected chi connectivity index (χ0v) is 10.6. The second-order valence-corrected chi connectivity index (χ2v) is 4.37. The first kappa shape index (κ1) is 11.5. The molecule has 16 heavy (non-hydrogen) atoms. The number of hydrogen-bond acceptors (Lipinski definition) is 4. The Morgan fingerprint density at radius 1 is 1.25 bits per heavy atom. The molecule has 4 heteroatoms. The number of thiol groups is 1. The smallest absolute Gasteiger partial charge is 0.163 e. The molecule has 1 aromatic carbocycles. The van der Waals surface area contributed by atoms with E-state index in [0.29, 0.717) is 13.2 Å². The van der Waals surface area contributed by atoms with Crippen molar-refractivity contribution in [3.63, 3.8) is 0 Å². The molecule has 1 heterocycles. The molecular weight excluding hydrogens is 222 g/mol. The predicted molar refractivity (Wildman–Crippen MR) is 69.3 cm³/mol. The first-order valence-corrected chi connectivity index (χ1v) is 6.08. The van der Waals surface area contributed by atoms with Crippen LogP contribution in [-0.2, 0) is 0 Å². The van der Waals surface area contributed by atoms with Crippen molar-refractivity contribution in [2.45, 2.75) is 6.92 Å². The van der Waals surface area contributed by atoms with Gasteiger partial charge in [-0.3, -0.25) is 0 Å². The molecule has 0 aromatic heterocycles. The second-order valence-electron chi connectivity index (χ2n) is 3.93. The third-order valence-electron chi connectivity index (χ3n) is 2.71. The molecule has 0 aliphatic carbocycles. The van der Waals surface area contributed by atoms with Crippen molar-refractivity contribution in [1.82, 2.24) is 0 Å². The van der Waals surface area contributed by atoms with E-state index in [1.165, 1.54) is 11.3 Å². The minimum absolute atomic E-state index is 0.631. The summed E-state index contributed by atoms with van der Waals surface area (Å²) in [6.45, 7) is 4.27. The van der Waals surface area contributed by atoms with Crippen LogP contribution in [0.25, 0.3) is 0 Å². The normalized spacial score (nSPS) is 13.7. The summed E-state index contributed by atoms with van der Waals surface area (Å²) in [5.74, 6) is 2.54. The summed E-state index contributed by atoms with van der Waals surface area (Å²) in [5, 5.41) is 0. The summed E-state index contributed by atoms with van der Waals surface area (Å²) in [6.07, 6.45) is 0. The minimum Gasteiger partial charge on any atom is -0.486 e. The number of hydrogen-bond donors (Lipinski definition) is 1. The van der Waals surface area contributed by atoms with Crippen LogP contribution in [0.2, 0.25) is 0 Å². The van der Waals surface area contributed by atoms with Gasteiger partial charge in [-0.2, -0.15) is 12.6 Å². The number of fused-ring (bicyclic) bond motifs is 1. The van der Waals surface area contributed by atoms with Crippen molar-refractivity contribution in [2.75, 3.05) is 37.5 Å². The Bertz CT molecular complexity index is 382. The zero-order valence-electron chi connectivity index (χ0n) is 9.69. The fourth-order valence-electron chi connectivity index (χ4n) is 1.86. The molecule has 3 nitrogen and oxygen atoms in total. The van der Waals surface area contributed by atoms with Crippen LogP contribution in [-0.4, -0.2) is 32.6 Å². The lowest BCUT2D eigenvalue weighted by Crippen LogP contribution is -2.22. The highest BCUT2D eigenvalue weighted by atomic mass is 32.1. The highest BCUT2D eigenvalue weighted by Gasteiger charge is 2.15. The van der Waals surface area contributed by atoms with Gasteiger partial charge in [-0.25, -0.2) is 0 Å². The third-order valence-corrected chi connectivity index (χ3v) is 2.91. The number of nitrogens with zero attached hydrogens (tertiary/aromatic N) is 1. The van der Waals surface area contributed by atoms with Crippen LogP contribution in [0.15, 0.2) is 12.1 Å². The number of aryl methyl sites for hydroxylation is 1. The Labute approximate surface area is 102 Å². The lowest BCUT2D eigenvalue weighted by Gasteiger charge is -2.25. The van der Waals surface area contributed by atoms with Crippen molar-refractivity contribution in [1.29, 1.82) is 0 Å². The topological polar surface area (TPSA) is 21.7 Å². The molecular formula is C12H17NO2S. The van der Waals surface area contributed by atoms with E-state index < -0.39 is 0 Å². The standard InChI is InChI=1S/C12H17NO2S/c1-9-7-11-12(15-5-4-14-11)8-10(9)13(2)3-6-16/h7-8,16H,3-6H2,1-2H3. The van der Waals surface area contributed by atoms with Gasteiger partial charge in [0.15, 0.2) is 11.5 Å². The van der Waals surface area contributed by atoms with E-state index in [1.54, 1.807) is 0 Å². The van der Waals surface area contributed by atoms with Gasteiger partial charge in [0.05, 0.1) is 0 Å². The molecule has 0 saturated carbocycles. The molecule has 2 rings (SSSR count). The highest BCUT2D eigenvalue weighted by Crippen LogP contribution is 2.36. The van der Waals surface area contributed by atoms with Crippen LogP contribution < -0.4 is 14.4 Å². The summed E-state index contributed by atoms with van der Waals surface area (Å²) in [5.41, 5.74) is 2.38. The summed E-state index contributed by atoms with van der Waals surface area (Å²) in [6, 6.07) is 4.09. The monoisotopic (exact) mass is 239 g/mol. The van der Waals surface area contributed by atoms with Crippen LogP contribution in [0.4, 0.5) is 5.69 Å². The molecule has 0 spiro atoms. The zero-order chi connectivity index (χ0) is 11.5. The van der Waals surface area contributed by atoms with E-state index in [2.05, 4.69) is 31.5 Å². The first-order chi connectivity index (χ1) is 7.72. The van der Waals surface area contributed by atoms with Crippen molar-refractivity contribution >= 4 is 18.3 Å². The Balaban J connectivity index is 2.31. The fourth-order valence-corrected chi connectivity index (χ4v) is 2.16. The van der Waals surface area contributed by atoms with Gasteiger partial charge in [0.1, 0.15) is 13.2 Å². The Hall–Kier alpha value is -1.03. The Kier molecular flexibility index (Phi) is 3.49. The maximum atomic E-state index is 5.58. The molecule has 1 aliphatic heterocycles. The maximum Gasteiger partial charge on any atom is 0.163 e. The summed E-state index contributed by atoms with van der Waals surface area (Å²) in [4.78, 5) is 2.18. The van der Waals surface area contributed by atoms with E-state index >= 15 is 0 Å². The minimum atomic E-state index is 0.631. The van der Waals surface area contributed by atoms with Crippen molar-refractivity contribution in [3.05, 3.63) is 17.7 Å². The van der Waals surface area contributed by atoms with Gasteiger partial charge in [0.25, 0.3) is 0 Å². The van der Waals surface area contributed by atoms with Crippen molar-refractivity contribution in [3.8, 4) is 11.5 Å². The quantitative estimate of drug-likeness (QED) is 0.817. The van der Waals surface area contributed by atoms with E-state index in [4.69, 9.17) is 9.47 Å². The van der Waals surface area contributed by atoms with E-state index in [1.807, 2.05) is 12.1 Å². The van der Waals surface area contributed by atoms with Crippen LogP contribution >= 0.6 is 12.6 Å². The lowest BCUT2D eigenvalue weighted by molar-refractivity contribution is 0.171. The number of anilines is 1. The molecule has 0 radical (unpaired) electrons. The molecule has 0 atom stereocenters. The molecule has 1 aromatic rings. The van der Waals surface area contributed by atoms with Gasteiger partial charge < -0.3 is 14.4 Å². The second kappa shape index (κ2) is 4.87. The van der Waals surface area contributed by atoms with E-state index in [-0.39, 0.29) is 0 Å². The average Bonchev–Trinajstić information content (AvgIpc) is 2.28. The van der Waals surface area contributed by atoms with Crippen molar-refractivity contribution < 1.29 is 9.47 Å². The fraction of sp³-hybridized carbons (Fsp3) is 0.500. The SMILES string of the molecule is Cc1cc2c(cc1N(C)CCS)OCCO2. The molecule has 0 bridgehead atoms. The number of benzene rings is 1. The van der Waals surface area contributed by atoms with Crippen LogP contribution in [0.3, 0.4) is 0 Å². The van der Waals surface area contributed by atoms with Crippen LogP contribution in [0.1, 0.15) is 5.56 Å². The van der Waals surface area contributed by atoms with E-state index in [0.717, 1.165) is 23.8 Å². The van der Waals surface area contributed by atoms with Crippen molar-refractivity contribution in [2.24, 2.45) is 0 Å². The molecule has 88 valence electrons. The summed E-state index contributed by atoms with van der Waals surface area (Å²) >= 11 is 4.25. The molecule has 1 aliphatic rings. The molecule has 0 N–H and O–H groups in total. The third kappa shape index (κ3) is 2.21. The summed E-state index contributed by atoms with van der Waals surface area (Å²) in [7, 11) is 2.06. The van der Waals surface area contributed by atoms with Crippen LogP contribution in [0.5, 0.6) is 11.5 Å². The summed E-state index contributed by atoms with van der Waals surface area (Å²) < 4.78 is 11.1. The molecule has 0 fully saturated rings. The number of rotatable bonds is 3. The van der Waals surface area contributed by atoms with Crippen LogP contribution in [0, 0.1) is 6.92 Å². The molecule has 0 amide bonds.